The lowest BCUT2D eigenvalue weighted by Crippen LogP contribution is -2.36. The molecule has 0 radical (unpaired) electrons. The first-order valence-corrected chi connectivity index (χ1v) is 8.16. The molecule has 2 heterocycles. The Hall–Kier alpha value is -2.14. The van der Waals surface area contributed by atoms with Gasteiger partial charge in [-0.3, -0.25) is 14.7 Å². The van der Waals surface area contributed by atoms with Gasteiger partial charge in [-0.2, -0.15) is 0 Å². The summed E-state index contributed by atoms with van der Waals surface area (Å²) in [6.07, 6.45) is 5.40. The average Bonchev–Trinajstić information content (AvgIpc) is 2.57. The molecule has 122 valence electrons. The van der Waals surface area contributed by atoms with E-state index in [0.29, 0.717) is 18.2 Å². The van der Waals surface area contributed by atoms with Crippen LogP contribution < -0.4 is 10.3 Å². The van der Waals surface area contributed by atoms with E-state index < -0.39 is 0 Å². The Labute approximate surface area is 136 Å². The number of likely N-dealkylation sites (tertiary alicyclic amines) is 1. The second-order valence-electron chi connectivity index (χ2n) is 6.16. The van der Waals surface area contributed by atoms with Crippen LogP contribution in [0.5, 0.6) is 5.75 Å². The summed E-state index contributed by atoms with van der Waals surface area (Å²) in [5.74, 6) is 1.56. The molecule has 1 aliphatic rings. The zero-order chi connectivity index (χ0) is 16.1. The van der Waals surface area contributed by atoms with Gasteiger partial charge in [-0.05, 0) is 50.4 Å². The van der Waals surface area contributed by atoms with E-state index in [0.717, 1.165) is 38.3 Å². The number of nitrogens with one attached hydrogen (secondary N) is 1. The minimum atomic E-state index is -0.0856. The molecule has 0 atom stereocenters. The first-order valence-electron chi connectivity index (χ1n) is 8.16. The van der Waals surface area contributed by atoms with Crippen molar-refractivity contribution in [2.45, 2.75) is 26.3 Å². The lowest BCUT2D eigenvalue weighted by molar-refractivity contribution is 0.135. The molecule has 0 spiro atoms. The monoisotopic (exact) mass is 313 g/mol. The van der Waals surface area contributed by atoms with Gasteiger partial charge in [0, 0.05) is 18.9 Å². The number of piperidine rings is 1. The first-order chi connectivity index (χ1) is 11.2. The molecule has 1 aromatic heterocycles. The third kappa shape index (κ3) is 4.20. The van der Waals surface area contributed by atoms with E-state index >= 15 is 0 Å². The Kier molecular flexibility index (Phi) is 5.08. The van der Waals surface area contributed by atoms with Crippen molar-refractivity contribution in [3.8, 4) is 5.75 Å². The molecule has 1 aromatic carbocycles. The lowest BCUT2D eigenvalue weighted by Gasteiger charge is -2.31. The maximum atomic E-state index is 11.7. The van der Waals surface area contributed by atoms with E-state index in [1.807, 2.05) is 18.2 Å². The van der Waals surface area contributed by atoms with E-state index in [9.17, 15) is 4.79 Å². The summed E-state index contributed by atoms with van der Waals surface area (Å²) in [5.41, 5.74) is 1.69. The van der Waals surface area contributed by atoms with Gasteiger partial charge in [0.15, 0.2) is 0 Å². The summed E-state index contributed by atoms with van der Waals surface area (Å²) in [4.78, 5) is 20.8. The van der Waals surface area contributed by atoms with Crippen LogP contribution in [0.3, 0.4) is 0 Å². The second-order valence-corrected chi connectivity index (χ2v) is 6.16. The first kappa shape index (κ1) is 15.7. The fourth-order valence-electron chi connectivity index (χ4n) is 2.94. The van der Waals surface area contributed by atoms with Crippen LogP contribution >= 0.6 is 0 Å². The summed E-state index contributed by atoms with van der Waals surface area (Å²) in [6.45, 7) is 5.43. The molecule has 5 nitrogen and oxygen atoms in total. The summed E-state index contributed by atoms with van der Waals surface area (Å²) in [5, 5.41) is 0. The Bertz CT molecular complexity index is 690. The van der Waals surface area contributed by atoms with Gasteiger partial charge in [0.05, 0.1) is 6.61 Å². The second kappa shape index (κ2) is 7.42. The fraction of sp³-hybridized carbons (Fsp3) is 0.444. The van der Waals surface area contributed by atoms with Gasteiger partial charge >= 0.3 is 0 Å². The van der Waals surface area contributed by atoms with Crippen molar-refractivity contribution in [2.24, 2.45) is 5.92 Å². The number of nitrogens with zero attached hydrogens (tertiary/aromatic N) is 2. The molecule has 0 bridgehead atoms. The predicted molar refractivity (Wildman–Crippen MR) is 89.5 cm³/mol. The highest BCUT2D eigenvalue weighted by Gasteiger charge is 2.21. The lowest BCUT2D eigenvalue weighted by atomic mass is 9.97. The van der Waals surface area contributed by atoms with Gasteiger partial charge in [0.2, 0.25) is 0 Å². The maximum Gasteiger partial charge on any atom is 0.270 e. The highest BCUT2D eigenvalue weighted by molar-refractivity contribution is 5.31. The molecular weight excluding hydrogens is 290 g/mol. The van der Waals surface area contributed by atoms with E-state index in [-0.39, 0.29) is 5.56 Å². The van der Waals surface area contributed by atoms with Gasteiger partial charge < -0.3 is 9.72 Å². The standard InChI is InChI=1S/C18H23N3O2/c1-14-4-2-3-5-17(14)23-13-15-6-10-21(11-7-15)12-16-18(22)20-9-8-19-16/h2-5,8-9,15H,6-7,10-13H2,1H3,(H,20,22). The minimum Gasteiger partial charge on any atom is -0.493 e. The van der Waals surface area contributed by atoms with Crippen LogP contribution in [0.25, 0.3) is 0 Å². The topological polar surface area (TPSA) is 58.2 Å². The van der Waals surface area contributed by atoms with E-state index in [1.54, 1.807) is 12.4 Å². The Balaban J connectivity index is 1.46. The van der Waals surface area contributed by atoms with E-state index in [4.69, 9.17) is 4.74 Å². The molecule has 3 rings (SSSR count). The van der Waals surface area contributed by atoms with Crippen LogP contribution in [0.15, 0.2) is 41.5 Å². The molecule has 1 fully saturated rings. The van der Waals surface area contributed by atoms with Crippen molar-refractivity contribution in [3.05, 3.63) is 58.3 Å². The smallest absolute Gasteiger partial charge is 0.270 e. The SMILES string of the molecule is Cc1ccccc1OCC1CCN(Cc2ncc[nH]c2=O)CC1. The average molecular weight is 313 g/mol. The molecule has 1 saturated heterocycles. The number of H-pyrrole nitrogens is 1. The third-order valence-electron chi connectivity index (χ3n) is 4.43. The van der Waals surface area contributed by atoms with Gasteiger partial charge in [-0.15, -0.1) is 0 Å². The molecule has 0 amide bonds. The van der Waals surface area contributed by atoms with Crippen LogP contribution in [-0.2, 0) is 6.54 Å². The molecular formula is C18H23N3O2. The normalized spacial score (nSPS) is 16.4. The number of hydrogen-bond donors (Lipinski definition) is 1. The summed E-state index contributed by atoms with van der Waals surface area (Å²) < 4.78 is 5.96. The Morgan fingerprint density at radius 1 is 1.30 bits per heavy atom. The van der Waals surface area contributed by atoms with E-state index in [1.165, 1.54) is 5.56 Å². The number of aryl methyl sites for hydroxylation is 1. The highest BCUT2D eigenvalue weighted by atomic mass is 16.5. The van der Waals surface area contributed by atoms with Crippen LogP contribution in [-0.4, -0.2) is 34.6 Å². The van der Waals surface area contributed by atoms with Crippen LogP contribution in [0.1, 0.15) is 24.1 Å². The van der Waals surface area contributed by atoms with Crippen molar-refractivity contribution in [1.82, 2.24) is 14.9 Å². The number of benzene rings is 1. The number of aromatic amines is 1. The highest BCUT2D eigenvalue weighted by Crippen LogP contribution is 2.22. The fourth-order valence-corrected chi connectivity index (χ4v) is 2.94. The third-order valence-corrected chi connectivity index (χ3v) is 4.43. The largest absolute Gasteiger partial charge is 0.493 e. The van der Waals surface area contributed by atoms with Gasteiger partial charge in [-0.25, -0.2) is 0 Å². The van der Waals surface area contributed by atoms with Crippen molar-refractivity contribution >= 4 is 0 Å². The molecule has 5 heteroatoms. The number of aromatic nitrogens is 2. The zero-order valence-electron chi connectivity index (χ0n) is 13.5. The predicted octanol–water partition coefficient (Wildman–Crippen LogP) is 2.37. The van der Waals surface area contributed by atoms with Gasteiger partial charge in [0.1, 0.15) is 11.4 Å². The zero-order valence-corrected chi connectivity index (χ0v) is 13.5. The number of hydrogen-bond acceptors (Lipinski definition) is 4. The molecule has 0 saturated carbocycles. The van der Waals surface area contributed by atoms with Crippen molar-refractivity contribution in [3.63, 3.8) is 0 Å². The van der Waals surface area contributed by atoms with Crippen molar-refractivity contribution in [2.75, 3.05) is 19.7 Å². The van der Waals surface area contributed by atoms with Crippen LogP contribution in [0.2, 0.25) is 0 Å². The number of ether oxygens (including phenoxy) is 1. The number of para-hydroxylation sites is 1. The van der Waals surface area contributed by atoms with Gasteiger partial charge in [-0.1, -0.05) is 18.2 Å². The summed E-state index contributed by atoms with van der Waals surface area (Å²) in [7, 11) is 0. The quantitative estimate of drug-likeness (QED) is 0.921. The molecule has 0 unspecified atom stereocenters. The Morgan fingerprint density at radius 3 is 2.83 bits per heavy atom. The maximum absolute atomic E-state index is 11.7. The van der Waals surface area contributed by atoms with Crippen molar-refractivity contribution < 1.29 is 4.74 Å². The molecule has 0 aliphatic carbocycles. The molecule has 23 heavy (non-hydrogen) atoms. The minimum absolute atomic E-state index is 0.0856. The number of rotatable bonds is 5. The summed E-state index contributed by atoms with van der Waals surface area (Å²) in [6, 6.07) is 8.13. The van der Waals surface area contributed by atoms with Crippen LogP contribution in [0.4, 0.5) is 0 Å². The van der Waals surface area contributed by atoms with Crippen molar-refractivity contribution in [1.29, 1.82) is 0 Å². The molecule has 2 aromatic rings. The Morgan fingerprint density at radius 2 is 2.09 bits per heavy atom. The van der Waals surface area contributed by atoms with E-state index in [2.05, 4.69) is 27.9 Å². The molecule has 1 aliphatic heterocycles. The summed E-state index contributed by atoms with van der Waals surface area (Å²) >= 11 is 0. The van der Waals surface area contributed by atoms with Gasteiger partial charge in [0.25, 0.3) is 5.56 Å². The van der Waals surface area contributed by atoms with Crippen LogP contribution in [0, 0.1) is 12.8 Å². The molecule has 1 N–H and O–H groups in total.